The standard InChI is InChI=1S/C10H22N4O2S/c1-10(2,3)12-9(11)13-5-7-14(8-6-13)17(4,15)16/h5-8H2,1-4H3,(H2,11,12). The summed E-state index contributed by atoms with van der Waals surface area (Å²) in [6, 6.07) is 0. The van der Waals surface area contributed by atoms with Crippen LogP contribution >= 0.6 is 0 Å². The Balaban J connectivity index is 2.62. The van der Waals surface area contributed by atoms with Gasteiger partial charge in [-0.05, 0) is 20.8 Å². The third-order valence-corrected chi connectivity index (χ3v) is 3.78. The summed E-state index contributed by atoms with van der Waals surface area (Å²) >= 11 is 0. The average molecular weight is 262 g/mol. The molecule has 1 aliphatic heterocycles. The van der Waals surface area contributed by atoms with Crippen molar-refractivity contribution in [3.8, 4) is 0 Å². The summed E-state index contributed by atoms with van der Waals surface area (Å²) in [6.07, 6.45) is 1.23. The van der Waals surface area contributed by atoms with Gasteiger partial charge in [-0.15, -0.1) is 0 Å². The Labute approximate surface area is 104 Å². The molecule has 0 unspecified atom stereocenters. The van der Waals surface area contributed by atoms with Crippen LogP contribution in [0.3, 0.4) is 0 Å². The first-order valence-electron chi connectivity index (χ1n) is 5.65. The Hall–Kier alpha value is -0.820. The Morgan fingerprint density at radius 1 is 1.18 bits per heavy atom. The molecule has 17 heavy (non-hydrogen) atoms. The molecule has 0 radical (unpaired) electrons. The van der Waals surface area contributed by atoms with Gasteiger partial charge in [0.15, 0.2) is 5.96 Å². The summed E-state index contributed by atoms with van der Waals surface area (Å²) in [4.78, 5) is 6.30. The number of hydrogen-bond donors (Lipinski definition) is 1. The monoisotopic (exact) mass is 262 g/mol. The number of nitrogens with zero attached hydrogens (tertiary/aromatic N) is 3. The van der Waals surface area contributed by atoms with Crippen molar-refractivity contribution in [2.24, 2.45) is 10.7 Å². The molecular formula is C10H22N4O2S. The number of aliphatic imine (C=N–C) groups is 1. The number of rotatable bonds is 1. The minimum Gasteiger partial charge on any atom is -0.370 e. The molecule has 0 bridgehead atoms. The van der Waals surface area contributed by atoms with E-state index in [1.165, 1.54) is 10.6 Å². The molecule has 1 aliphatic rings. The van der Waals surface area contributed by atoms with Crippen LogP contribution in [0, 0.1) is 0 Å². The van der Waals surface area contributed by atoms with Gasteiger partial charge in [0.1, 0.15) is 0 Å². The molecule has 0 amide bonds. The second-order valence-corrected chi connectivity index (χ2v) is 7.27. The van der Waals surface area contributed by atoms with Crippen LogP contribution in [0.5, 0.6) is 0 Å². The van der Waals surface area contributed by atoms with E-state index in [1.807, 2.05) is 25.7 Å². The molecule has 1 rings (SSSR count). The first kappa shape index (κ1) is 14.2. The molecule has 0 aromatic rings. The van der Waals surface area contributed by atoms with Crippen molar-refractivity contribution in [2.75, 3.05) is 32.4 Å². The Morgan fingerprint density at radius 2 is 1.65 bits per heavy atom. The van der Waals surface area contributed by atoms with Gasteiger partial charge in [0.25, 0.3) is 0 Å². The van der Waals surface area contributed by atoms with E-state index >= 15 is 0 Å². The summed E-state index contributed by atoms with van der Waals surface area (Å²) in [6.45, 7) is 8.07. The maximum atomic E-state index is 11.3. The number of guanidine groups is 1. The molecule has 0 spiro atoms. The zero-order chi connectivity index (χ0) is 13.3. The van der Waals surface area contributed by atoms with Crippen LogP contribution in [-0.2, 0) is 10.0 Å². The van der Waals surface area contributed by atoms with Gasteiger partial charge in [0.05, 0.1) is 11.8 Å². The van der Waals surface area contributed by atoms with E-state index in [0.717, 1.165) is 0 Å². The minimum absolute atomic E-state index is 0.210. The average Bonchev–Trinajstić information content (AvgIpc) is 2.14. The van der Waals surface area contributed by atoms with Gasteiger partial charge in [0.2, 0.25) is 10.0 Å². The lowest BCUT2D eigenvalue weighted by Crippen LogP contribution is -2.52. The zero-order valence-corrected chi connectivity index (χ0v) is 11.8. The molecule has 6 nitrogen and oxygen atoms in total. The van der Waals surface area contributed by atoms with Crippen molar-refractivity contribution < 1.29 is 8.42 Å². The normalized spacial score (nSPS) is 20.7. The lowest BCUT2D eigenvalue weighted by Gasteiger charge is -2.34. The fourth-order valence-electron chi connectivity index (χ4n) is 1.66. The van der Waals surface area contributed by atoms with Crippen molar-refractivity contribution in [3.63, 3.8) is 0 Å². The summed E-state index contributed by atoms with van der Waals surface area (Å²) < 4.78 is 24.1. The van der Waals surface area contributed by atoms with Gasteiger partial charge < -0.3 is 10.6 Å². The third-order valence-electron chi connectivity index (χ3n) is 2.48. The highest BCUT2D eigenvalue weighted by Crippen LogP contribution is 2.09. The van der Waals surface area contributed by atoms with Crippen molar-refractivity contribution in [1.29, 1.82) is 0 Å². The molecule has 1 fully saturated rings. The van der Waals surface area contributed by atoms with E-state index in [0.29, 0.717) is 32.1 Å². The predicted octanol–water partition coefficient (Wildman–Crippen LogP) is -0.323. The summed E-state index contributed by atoms with van der Waals surface area (Å²) in [5, 5.41) is 0. The van der Waals surface area contributed by atoms with Crippen molar-refractivity contribution in [1.82, 2.24) is 9.21 Å². The van der Waals surface area contributed by atoms with Crippen LogP contribution in [-0.4, -0.2) is 61.6 Å². The first-order valence-corrected chi connectivity index (χ1v) is 7.50. The molecule has 7 heteroatoms. The highest BCUT2D eigenvalue weighted by atomic mass is 32.2. The van der Waals surface area contributed by atoms with Crippen LogP contribution in [0.2, 0.25) is 0 Å². The summed E-state index contributed by atoms with van der Waals surface area (Å²) in [5.41, 5.74) is 5.69. The van der Waals surface area contributed by atoms with Gasteiger partial charge in [0, 0.05) is 26.2 Å². The minimum atomic E-state index is -3.08. The molecule has 100 valence electrons. The highest BCUT2D eigenvalue weighted by Gasteiger charge is 2.24. The highest BCUT2D eigenvalue weighted by molar-refractivity contribution is 7.88. The molecule has 0 atom stereocenters. The first-order chi connectivity index (χ1) is 7.59. The smallest absolute Gasteiger partial charge is 0.211 e. The summed E-state index contributed by atoms with van der Waals surface area (Å²) in [7, 11) is -3.08. The van der Waals surface area contributed by atoms with E-state index < -0.39 is 10.0 Å². The van der Waals surface area contributed by atoms with Gasteiger partial charge in [-0.1, -0.05) is 0 Å². The fourth-order valence-corrected chi connectivity index (χ4v) is 2.49. The Morgan fingerprint density at radius 3 is 2.00 bits per heavy atom. The van der Waals surface area contributed by atoms with E-state index in [9.17, 15) is 8.42 Å². The molecule has 2 N–H and O–H groups in total. The lowest BCUT2D eigenvalue weighted by atomic mass is 10.1. The molecule has 1 heterocycles. The fraction of sp³-hybridized carbons (Fsp3) is 0.900. The van der Waals surface area contributed by atoms with E-state index in [4.69, 9.17) is 5.73 Å². The van der Waals surface area contributed by atoms with E-state index in [-0.39, 0.29) is 5.54 Å². The zero-order valence-electron chi connectivity index (χ0n) is 11.0. The topological polar surface area (TPSA) is 79.0 Å². The number of hydrogen-bond acceptors (Lipinski definition) is 3. The molecule has 1 saturated heterocycles. The van der Waals surface area contributed by atoms with Gasteiger partial charge in [-0.2, -0.15) is 4.31 Å². The second-order valence-electron chi connectivity index (χ2n) is 5.29. The molecule has 0 aliphatic carbocycles. The van der Waals surface area contributed by atoms with Crippen molar-refractivity contribution in [3.05, 3.63) is 0 Å². The number of sulfonamides is 1. The molecular weight excluding hydrogens is 240 g/mol. The number of piperazine rings is 1. The van der Waals surface area contributed by atoms with E-state index in [2.05, 4.69) is 4.99 Å². The Bertz CT molecular complexity index is 389. The van der Waals surface area contributed by atoms with Crippen LogP contribution < -0.4 is 5.73 Å². The van der Waals surface area contributed by atoms with E-state index in [1.54, 1.807) is 0 Å². The molecule has 0 aromatic heterocycles. The molecule has 0 saturated carbocycles. The summed E-state index contributed by atoms with van der Waals surface area (Å²) in [5.74, 6) is 0.491. The van der Waals surface area contributed by atoms with Gasteiger partial charge in [-0.3, -0.25) is 0 Å². The number of nitrogens with two attached hydrogens (primary N) is 1. The van der Waals surface area contributed by atoms with Crippen LogP contribution in [0.4, 0.5) is 0 Å². The predicted molar refractivity (Wildman–Crippen MR) is 69.4 cm³/mol. The van der Waals surface area contributed by atoms with Gasteiger partial charge >= 0.3 is 0 Å². The quantitative estimate of drug-likeness (QED) is 0.519. The van der Waals surface area contributed by atoms with Crippen LogP contribution in [0.1, 0.15) is 20.8 Å². The largest absolute Gasteiger partial charge is 0.370 e. The van der Waals surface area contributed by atoms with Crippen LogP contribution in [0.15, 0.2) is 4.99 Å². The molecule has 0 aromatic carbocycles. The lowest BCUT2D eigenvalue weighted by molar-refractivity contribution is 0.263. The maximum absolute atomic E-state index is 11.3. The Kier molecular flexibility index (Phi) is 4.03. The third kappa shape index (κ3) is 4.51. The maximum Gasteiger partial charge on any atom is 0.211 e. The van der Waals surface area contributed by atoms with Gasteiger partial charge in [-0.25, -0.2) is 13.4 Å². The second kappa shape index (κ2) is 4.81. The SMILES string of the molecule is CC(C)(C)N=C(N)N1CCN(S(C)(=O)=O)CC1. The van der Waals surface area contributed by atoms with Crippen molar-refractivity contribution >= 4 is 16.0 Å². The van der Waals surface area contributed by atoms with Crippen molar-refractivity contribution in [2.45, 2.75) is 26.3 Å². The van der Waals surface area contributed by atoms with Crippen LogP contribution in [0.25, 0.3) is 0 Å².